The van der Waals surface area contributed by atoms with E-state index in [9.17, 15) is 22.0 Å². The van der Waals surface area contributed by atoms with E-state index in [0.717, 1.165) is 4.31 Å². The van der Waals surface area contributed by atoms with Crippen molar-refractivity contribution in [3.63, 3.8) is 0 Å². The summed E-state index contributed by atoms with van der Waals surface area (Å²) in [5, 5.41) is 2.72. The van der Waals surface area contributed by atoms with E-state index >= 15 is 0 Å². The largest absolute Gasteiger partial charge is 0.381 e. The SMILES string of the molecule is CC(C)c1c(S(=O)(=O)N2CCC(F)(F)CC2)nc2nc(C(=O)NC3CCOCC3)ccn12. The molecule has 2 aromatic heterocycles. The van der Waals surface area contributed by atoms with E-state index in [-0.39, 0.29) is 47.5 Å². The molecule has 0 spiro atoms. The first-order valence-electron chi connectivity index (χ1n) is 10.7. The van der Waals surface area contributed by atoms with E-state index in [4.69, 9.17) is 4.74 Å². The van der Waals surface area contributed by atoms with Crippen LogP contribution in [0.5, 0.6) is 0 Å². The maximum atomic E-state index is 13.5. The Balaban J connectivity index is 1.66. The van der Waals surface area contributed by atoms with Gasteiger partial charge in [0.05, 0.1) is 5.69 Å². The molecule has 0 aromatic carbocycles. The molecule has 0 atom stereocenters. The van der Waals surface area contributed by atoms with Crippen molar-refractivity contribution in [1.82, 2.24) is 24.0 Å². The van der Waals surface area contributed by atoms with Gasteiger partial charge >= 0.3 is 0 Å². The van der Waals surface area contributed by atoms with Crippen molar-refractivity contribution in [3.05, 3.63) is 23.7 Å². The van der Waals surface area contributed by atoms with Crippen molar-refractivity contribution in [3.8, 4) is 0 Å². The lowest BCUT2D eigenvalue weighted by molar-refractivity contribution is -0.0412. The lowest BCUT2D eigenvalue weighted by Gasteiger charge is -2.30. The highest BCUT2D eigenvalue weighted by Crippen LogP contribution is 2.33. The number of imidazole rings is 1. The molecule has 0 unspecified atom stereocenters. The molecule has 32 heavy (non-hydrogen) atoms. The summed E-state index contributed by atoms with van der Waals surface area (Å²) in [5.41, 5.74) is 0.534. The van der Waals surface area contributed by atoms with Crippen molar-refractivity contribution < 1.29 is 26.7 Å². The highest BCUT2D eigenvalue weighted by Gasteiger charge is 2.41. The van der Waals surface area contributed by atoms with Crippen LogP contribution in [0, 0.1) is 0 Å². The van der Waals surface area contributed by atoms with Crippen molar-refractivity contribution in [2.45, 2.75) is 62.4 Å². The maximum absolute atomic E-state index is 13.5. The number of piperidine rings is 1. The molecule has 2 aromatic rings. The first-order valence-corrected chi connectivity index (χ1v) is 12.2. The smallest absolute Gasteiger partial charge is 0.270 e. The number of fused-ring (bicyclic) bond motifs is 1. The van der Waals surface area contributed by atoms with Crippen LogP contribution in [0.4, 0.5) is 8.78 Å². The van der Waals surface area contributed by atoms with Crippen LogP contribution in [0.1, 0.15) is 61.6 Å². The number of rotatable bonds is 5. The summed E-state index contributed by atoms with van der Waals surface area (Å²) >= 11 is 0. The molecule has 4 rings (SSSR count). The van der Waals surface area contributed by atoms with Gasteiger partial charge in [-0.1, -0.05) is 13.8 Å². The molecule has 2 fully saturated rings. The second-order valence-corrected chi connectivity index (χ2v) is 10.4. The summed E-state index contributed by atoms with van der Waals surface area (Å²) in [4.78, 5) is 21.2. The Morgan fingerprint density at radius 2 is 1.88 bits per heavy atom. The molecular formula is C20H27F2N5O4S. The van der Waals surface area contributed by atoms with Gasteiger partial charge in [0.15, 0.2) is 5.03 Å². The fraction of sp³-hybridized carbons (Fsp3) is 0.650. The molecule has 2 aliphatic heterocycles. The summed E-state index contributed by atoms with van der Waals surface area (Å²) in [5.74, 6) is -3.38. The van der Waals surface area contributed by atoms with Crippen LogP contribution in [0.2, 0.25) is 0 Å². The van der Waals surface area contributed by atoms with E-state index < -0.39 is 28.8 Å². The molecule has 0 radical (unpaired) electrons. The molecule has 0 aliphatic carbocycles. The number of nitrogens with zero attached hydrogens (tertiary/aromatic N) is 4. The van der Waals surface area contributed by atoms with Gasteiger partial charge in [0.2, 0.25) is 5.78 Å². The van der Waals surface area contributed by atoms with Gasteiger partial charge in [-0.2, -0.15) is 9.29 Å². The molecule has 2 aliphatic rings. The Morgan fingerprint density at radius 1 is 1.22 bits per heavy atom. The number of alkyl halides is 2. The highest BCUT2D eigenvalue weighted by molar-refractivity contribution is 7.89. The Kier molecular flexibility index (Phi) is 6.21. The zero-order valence-electron chi connectivity index (χ0n) is 18.1. The van der Waals surface area contributed by atoms with E-state index in [1.165, 1.54) is 6.07 Å². The van der Waals surface area contributed by atoms with Crippen LogP contribution < -0.4 is 5.32 Å². The number of halogens is 2. The van der Waals surface area contributed by atoms with E-state index in [1.54, 1.807) is 10.6 Å². The summed E-state index contributed by atoms with van der Waals surface area (Å²) in [6, 6.07) is 1.51. The molecule has 0 bridgehead atoms. The number of ether oxygens (including phenoxy) is 1. The standard InChI is InChI=1S/C20H27F2N5O4S/c1-13(2)16-18(32(29,30)26-9-6-20(21,22)7-10-26)25-19-24-15(3-8-27(16)19)17(28)23-14-4-11-31-12-5-14/h3,8,13-14H,4-7,9-12H2,1-2H3,(H,23,28). The second-order valence-electron chi connectivity index (χ2n) is 8.56. The van der Waals surface area contributed by atoms with Crippen LogP contribution in [0.3, 0.4) is 0 Å². The fourth-order valence-electron chi connectivity index (χ4n) is 4.05. The topological polar surface area (TPSA) is 106 Å². The number of carbonyl (C=O) groups excluding carboxylic acids is 1. The van der Waals surface area contributed by atoms with Crippen molar-refractivity contribution >= 4 is 21.7 Å². The molecule has 1 N–H and O–H groups in total. The summed E-state index contributed by atoms with van der Waals surface area (Å²) in [7, 11) is -4.09. The molecule has 4 heterocycles. The van der Waals surface area contributed by atoms with Crippen LogP contribution in [-0.2, 0) is 14.8 Å². The molecule has 9 nitrogen and oxygen atoms in total. The van der Waals surface area contributed by atoms with Crippen LogP contribution in [-0.4, -0.2) is 71.3 Å². The fourth-order valence-corrected chi connectivity index (χ4v) is 5.75. The van der Waals surface area contributed by atoms with Crippen molar-refractivity contribution in [2.24, 2.45) is 0 Å². The van der Waals surface area contributed by atoms with Crippen molar-refractivity contribution in [1.29, 1.82) is 0 Å². The number of aromatic nitrogens is 3. The maximum Gasteiger partial charge on any atom is 0.270 e. The number of sulfonamides is 1. The number of hydrogen-bond acceptors (Lipinski definition) is 6. The highest BCUT2D eigenvalue weighted by atomic mass is 32.2. The zero-order chi connectivity index (χ0) is 23.1. The lowest BCUT2D eigenvalue weighted by Crippen LogP contribution is -2.43. The average Bonchev–Trinajstić information content (AvgIpc) is 3.14. The number of hydrogen-bond donors (Lipinski definition) is 1. The molecule has 0 saturated carbocycles. The molecular weight excluding hydrogens is 444 g/mol. The summed E-state index contributed by atoms with van der Waals surface area (Å²) < 4.78 is 61.5. The van der Waals surface area contributed by atoms with Gasteiger partial charge in [-0.3, -0.25) is 9.20 Å². The first kappa shape index (κ1) is 23.0. The predicted molar refractivity (Wildman–Crippen MR) is 111 cm³/mol. The molecule has 2 saturated heterocycles. The second kappa shape index (κ2) is 8.64. The van der Waals surface area contributed by atoms with E-state index in [2.05, 4.69) is 15.3 Å². The number of nitrogens with one attached hydrogen (secondary N) is 1. The quantitative estimate of drug-likeness (QED) is 0.717. The lowest BCUT2D eigenvalue weighted by atomic mass is 10.1. The van der Waals surface area contributed by atoms with Crippen LogP contribution in [0.15, 0.2) is 17.3 Å². The average molecular weight is 472 g/mol. The van der Waals surface area contributed by atoms with Gasteiger partial charge in [-0.05, 0) is 24.8 Å². The zero-order valence-corrected chi connectivity index (χ0v) is 18.9. The van der Waals surface area contributed by atoms with Gasteiger partial charge in [0.1, 0.15) is 5.69 Å². The Bertz CT molecular complexity index is 1100. The first-order chi connectivity index (χ1) is 15.1. The molecule has 176 valence electrons. The number of carbonyl (C=O) groups is 1. The summed E-state index contributed by atoms with van der Waals surface area (Å²) in [6.07, 6.45) is 1.96. The normalized spacial score (nSPS) is 20.7. The minimum absolute atomic E-state index is 0.00610. The van der Waals surface area contributed by atoms with Crippen LogP contribution in [0.25, 0.3) is 5.78 Å². The van der Waals surface area contributed by atoms with Gasteiger partial charge < -0.3 is 10.1 Å². The Morgan fingerprint density at radius 3 is 2.50 bits per heavy atom. The van der Waals surface area contributed by atoms with E-state index in [1.807, 2.05) is 13.8 Å². The van der Waals surface area contributed by atoms with Gasteiger partial charge in [0, 0.05) is 51.4 Å². The van der Waals surface area contributed by atoms with Gasteiger partial charge in [-0.15, -0.1) is 0 Å². The molecule has 12 heteroatoms. The third kappa shape index (κ3) is 4.48. The Hall–Kier alpha value is -2.18. The predicted octanol–water partition coefficient (Wildman–Crippen LogP) is 2.18. The monoisotopic (exact) mass is 471 g/mol. The minimum atomic E-state index is -4.09. The van der Waals surface area contributed by atoms with E-state index in [0.29, 0.717) is 31.7 Å². The third-order valence-electron chi connectivity index (χ3n) is 5.87. The van der Waals surface area contributed by atoms with Gasteiger partial charge in [-0.25, -0.2) is 22.2 Å². The number of amides is 1. The minimum Gasteiger partial charge on any atom is -0.381 e. The third-order valence-corrected chi connectivity index (χ3v) is 7.71. The van der Waals surface area contributed by atoms with Gasteiger partial charge in [0.25, 0.3) is 21.9 Å². The van der Waals surface area contributed by atoms with Crippen molar-refractivity contribution in [2.75, 3.05) is 26.3 Å². The molecule has 1 amide bonds. The summed E-state index contributed by atoms with van der Waals surface area (Å²) in [6.45, 7) is 4.26. The Labute approximate surface area is 185 Å². The van der Waals surface area contributed by atoms with Crippen LogP contribution >= 0.6 is 0 Å².